The van der Waals surface area contributed by atoms with Crippen molar-refractivity contribution in [2.75, 3.05) is 4.90 Å². The van der Waals surface area contributed by atoms with Crippen LogP contribution >= 0.6 is 0 Å². The van der Waals surface area contributed by atoms with Gasteiger partial charge in [0.1, 0.15) is 11.2 Å². The number of nitrogens with zero attached hydrogens (tertiary/aromatic N) is 1. The fraction of sp³-hybridized carbons (Fsp3) is 0.0566. The van der Waals surface area contributed by atoms with Crippen molar-refractivity contribution < 1.29 is 4.42 Å². The second-order valence-electron chi connectivity index (χ2n) is 15.3. The van der Waals surface area contributed by atoms with E-state index in [4.69, 9.17) is 4.42 Å². The van der Waals surface area contributed by atoms with Crippen LogP contribution in [0.2, 0.25) is 0 Å². The van der Waals surface area contributed by atoms with Crippen LogP contribution in [0, 0.1) is 0 Å². The van der Waals surface area contributed by atoms with Crippen molar-refractivity contribution in [3.05, 3.63) is 199 Å². The van der Waals surface area contributed by atoms with E-state index >= 15 is 0 Å². The molecule has 0 amide bonds. The molecule has 0 spiro atoms. The van der Waals surface area contributed by atoms with Gasteiger partial charge < -0.3 is 9.32 Å². The van der Waals surface area contributed by atoms with E-state index in [2.05, 4.69) is 207 Å². The van der Waals surface area contributed by atoms with Crippen molar-refractivity contribution >= 4 is 60.5 Å². The van der Waals surface area contributed by atoms with E-state index in [0.29, 0.717) is 0 Å². The SMILES string of the molecule is CC1(C)c2ccccc2-c2ccc(N(c3ccc(-c4cccc5ccccc45)cc3)c3ccc4c(c3)oc3c5ccccc5c(-c5ccccc5)cc43)cc21. The summed E-state index contributed by atoms with van der Waals surface area (Å²) in [7, 11) is 0. The third-order valence-corrected chi connectivity index (χ3v) is 11.9. The third-order valence-electron chi connectivity index (χ3n) is 11.9. The van der Waals surface area contributed by atoms with Gasteiger partial charge in [-0.15, -0.1) is 0 Å². The first-order valence-electron chi connectivity index (χ1n) is 19.1. The van der Waals surface area contributed by atoms with E-state index in [1.165, 1.54) is 60.7 Å². The van der Waals surface area contributed by atoms with E-state index in [0.717, 1.165) is 44.4 Å². The van der Waals surface area contributed by atoms with Gasteiger partial charge in [-0.3, -0.25) is 0 Å². The number of hydrogen-bond donors (Lipinski definition) is 0. The molecule has 1 aliphatic rings. The maximum atomic E-state index is 6.86. The maximum Gasteiger partial charge on any atom is 0.143 e. The highest BCUT2D eigenvalue weighted by atomic mass is 16.3. The summed E-state index contributed by atoms with van der Waals surface area (Å²) in [5.74, 6) is 0. The van der Waals surface area contributed by atoms with Crippen LogP contribution in [0.15, 0.2) is 192 Å². The number of anilines is 3. The number of benzene rings is 9. The number of fused-ring (bicyclic) bond motifs is 9. The topological polar surface area (TPSA) is 16.4 Å². The molecule has 0 atom stereocenters. The second-order valence-corrected chi connectivity index (χ2v) is 15.3. The van der Waals surface area contributed by atoms with Gasteiger partial charge in [-0.2, -0.15) is 0 Å². The molecular formula is C53H37NO. The molecule has 10 aromatic rings. The number of rotatable bonds is 5. The number of furan rings is 1. The molecule has 1 aromatic heterocycles. The molecule has 0 fully saturated rings. The molecule has 1 heterocycles. The van der Waals surface area contributed by atoms with Crippen LogP contribution < -0.4 is 4.90 Å². The largest absolute Gasteiger partial charge is 0.455 e. The maximum absolute atomic E-state index is 6.86. The van der Waals surface area contributed by atoms with Crippen LogP contribution in [0.25, 0.3) is 76.9 Å². The van der Waals surface area contributed by atoms with Crippen LogP contribution in [0.3, 0.4) is 0 Å². The van der Waals surface area contributed by atoms with E-state index in [1.807, 2.05) is 0 Å². The first-order valence-corrected chi connectivity index (χ1v) is 19.1. The summed E-state index contributed by atoms with van der Waals surface area (Å²) in [4.78, 5) is 2.38. The monoisotopic (exact) mass is 703 g/mol. The Labute approximate surface area is 320 Å². The lowest BCUT2D eigenvalue weighted by Crippen LogP contribution is -2.16. The molecule has 9 aromatic carbocycles. The zero-order valence-electron chi connectivity index (χ0n) is 30.8. The lowest BCUT2D eigenvalue weighted by molar-refractivity contribution is 0.660. The molecule has 0 radical (unpaired) electrons. The van der Waals surface area contributed by atoms with Crippen molar-refractivity contribution in [3.63, 3.8) is 0 Å². The number of hydrogen-bond acceptors (Lipinski definition) is 2. The summed E-state index contributed by atoms with van der Waals surface area (Å²) < 4.78 is 6.86. The lowest BCUT2D eigenvalue weighted by Gasteiger charge is -2.28. The van der Waals surface area contributed by atoms with E-state index in [-0.39, 0.29) is 5.41 Å². The van der Waals surface area contributed by atoms with Gasteiger partial charge in [0.25, 0.3) is 0 Å². The van der Waals surface area contributed by atoms with Crippen molar-refractivity contribution in [3.8, 4) is 33.4 Å². The highest BCUT2D eigenvalue weighted by Gasteiger charge is 2.35. The Balaban J connectivity index is 1.10. The quantitative estimate of drug-likeness (QED) is 0.177. The van der Waals surface area contributed by atoms with Crippen LogP contribution in [0.1, 0.15) is 25.0 Å². The Kier molecular flexibility index (Phi) is 6.93. The van der Waals surface area contributed by atoms with Crippen molar-refractivity contribution in [2.45, 2.75) is 19.3 Å². The average molecular weight is 704 g/mol. The highest BCUT2D eigenvalue weighted by molar-refractivity contribution is 6.19. The summed E-state index contributed by atoms with van der Waals surface area (Å²) in [6, 6.07) is 68.3. The standard InChI is InChI=1S/C53H37NO/c1-53(2)49-22-11-10-19-43(49)44-29-27-38(31-50(44)53)54(37-25-23-36(24-26-37)41-21-12-16-34-15-6-7-17-40(34)41)39-28-30-45-48-33-47(35-13-4-3-5-14-35)42-18-8-9-20-46(42)52(48)55-51(45)32-39/h3-33H,1-2H3. The molecule has 0 saturated heterocycles. The van der Waals surface area contributed by atoms with Crippen LogP contribution in [0.4, 0.5) is 17.1 Å². The Morgan fingerprint density at radius 3 is 1.85 bits per heavy atom. The summed E-state index contributed by atoms with van der Waals surface area (Å²) in [5, 5.41) is 7.05. The van der Waals surface area contributed by atoms with Gasteiger partial charge in [-0.1, -0.05) is 153 Å². The fourth-order valence-electron chi connectivity index (χ4n) is 9.13. The van der Waals surface area contributed by atoms with Gasteiger partial charge in [-0.25, -0.2) is 0 Å². The molecule has 2 nitrogen and oxygen atoms in total. The average Bonchev–Trinajstić information content (AvgIpc) is 3.72. The summed E-state index contributed by atoms with van der Waals surface area (Å²) in [6.07, 6.45) is 0. The van der Waals surface area contributed by atoms with Gasteiger partial charge in [0, 0.05) is 44.7 Å². The minimum absolute atomic E-state index is 0.119. The molecule has 55 heavy (non-hydrogen) atoms. The first kappa shape index (κ1) is 31.6. The van der Waals surface area contributed by atoms with Crippen molar-refractivity contribution in [1.29, 1.82) is 0 Å². The van der Waals surface area contributed by atoms with Gasteiger partial charge in [0.2, 0.25) is 0 Å². The second kappa shape index (κ2) is 12.1. The Morgan fingerprint density at radius 2 is 1.00 bits per heavy atom. The summed E-state index contributed by atoms with van der Waals surface area (Å²) in [5.41, 5.74) is 15.1. The van der Waals surface area contributed by atoms with Gasteiger partial charge in [0.05, 0.1) is 0 Å². The van der Waals surface area contributed by atoms with Crippen molar-refractivity contribution in [1.82, 2.24) is 0 Å². The minimum Gasteiger partial charge on any atom is -0.455 e. The summed E-state index contributed by atoms with van der Waals surface area (Å²) in [6.45, 7) is 4.69. The molecular weight excluding hydrogens is 667 g/mol. The van der Waals surface area contributed by atoms with Crippen LogP contribution in [0.5, 0.6) is 0 Å². The molecule has 11 rings (SSSR count). The molecule has 2 heteroatoms. The zero-order chi connectivity index (χ0) is 36.7. The molecule has 0 unspecified atom stereocenters. The smallest absolute Gasteiger partial charge is 0.143 e. The Morgan fingerprint density at radius 1 is 0.382 bits per heavy atom. The Hall–Kier alpha value is -6.90. The molecule has 0 bridgehead atoms. The highest BCUT2D eigenvalue weighted by Crippen LogP contribution is 2.51. The minimum atomic E-state index is -0.119. The Bertz CT molecular complexity index is 3110. The van der Waals surface area contributed by atoms with E-state index in [1.54, 1.807) is 0 Å². The molecule has 0 N–H and O–H groups in total. The van der Waals surface area contributed by atoms with Crippen LogP contribution in [-0.2, 0) is 5.41 Å². The molecule has 0 aliphatic heterocycles. The molecule has 0 saturated carbocycles. The van der Waals surface area contributed by atoms with Gasteiger partial charge in [-0.05, 0) is 103 Å². The van der Waals surface area contributed by atoms with E-state index < -0.39 is 0 Å². The van der Waals surface area contributed by atoms with Gasteiger partial charge >= 0.3 is 0 Å². The molecule has 260 valence electrons. The van der Waals surface area contributed by atoms with Gasteiger partial charge in [0.15, 0.2) is 0 Å². The summed E-state index contributed by atoms with van der Waals surface area (Å²) >= 11 is 0. The molecule has 1 aliphatic carbocycles. The normalized spacial score (nSPS) is 13.1. The lowest BCUT2D eigenvalue weighted by atomic mass is 9.82. The first-order chi connectivity index (χ1) is 27.0. The zero-order valence-corrected chi connectivity index (χ0v) is 30.8. The van der Waals surface area contributed by atoms with Crippen molar-refractivity contribution in [2.24, 2.45) is 0 Å². The van der Waals surface area contributed by atoms with Crippen LogP contribution in [-0.4, -0.2) is 0 Å². The predicted molar refractivity (Wildman–Crippen MR) is 232 cm³/mol. The predicted octanol–water partition coefficient (Wildman–Crippen LogP) is 15.0. The fourth-order valence-corrected chi connectivity index (χ4v) is 9.13. The van der Waals surface area contributed by atoms with E-state index in [9.17, 15) is 0 Å². The third kappa shape index (κ3) is 4.88.